The van der Waals surface area contributed by atoms with Crippen molar-refractivity contribution in [2.75, 3.05) is 5.32 Å². The summed E-state index contributed by atoms with van der Waals surface area (Å²) in [6.07, 6.45) is 8.01. The van der Waals surface area contributed by atoms with Gasteiger partial charge in [-0.1, -0.05) is 19.8 Å². The van der Waals surface area contributed by atoms with Gasteiger partial charge in [0.25, 0.3) is 5.78 Å². The van der Waals surface area contributed by atoms with Gasteiger partial charge in [-0.2, -0.15) is 14.6 Å². The standard InChI is InChI=1S/C15H23N5/c1-10-5-4-6-13(8-7-10)19-14-11(2)12(3)18-15-16-9-17-20(14)15/h9-10,13,19H,4-8H2,1-3H3. The van der Waals surface area contributed by atoms with E-state index in [2.05, 4.69) is 34.2 Å². The smallest absolute Gasteiger partial charge is 0.254 e. The number of aryl methyl sites for hydroxylation is 1. The summed E-state index contributed by atoms with van der Waals surface area (Å²) >= 11 is 0. The predicted molar refractivity (Wildman–Crippen MR) is 79.9 cm³/mol. The number of nitrogens with one attached hydrogen (secondary N) is 1. The van der Waals surface area contributed by atoms with Crippen LogP contribution in [0.2, 0.25) is 0 Å². The molecule has 1 N–H and O–H groups in total. The Morgan fingerprint density at radius 3 is 2.90 bits per heavy atom. The maximum absolute atomic E-state index is 4.47. The first-order valence-electron chi connectivity index (χ1n) is 7.58. The lowest BCUT2D eigenvalue weighted by Gasteiger charge is -2.20. The van der Waals surface area contributed by atoms with Gasteiger partial charge in [0.05, 0.1) is 0 Å². The second-order valence-electron chi connectivity index (χ2n) is 6.10. The minimum atomic E-state index is 0.535. The summed E-state index contributed by atoms with van der Waals surface area (Å²) in [6.45, 7) is 6.50. The Hall–Kier alpha value is -1.65. The number of nitrogens with zero attached hydrogens (tertiary/aromatic N) is 4. The maximum atomic E-state index is 4.47. The number of aromatic nitrogens is 4. The van der Waals surface area contributed by atoms with Crippen molar-refractivity contribution in [2.24, 2.45) is 5.92 Å². The van der Waals surface area contributed by atoms with Gasteiger partial charge >= 0.3 is 0 Å². The number of anilines is 1. The first-order valence-corrected chi connectivity index (χ1v) is 7.58. The molecule has 1 fully saturated rings. The van der Waals surface area contributed by atoms with Crippen LogP contribution in [0, 0.1) is 19.8 Å². The van der Waals surface area contributed by atoms with Crippen molar-refractivity contribution in [3.8, 4) is 0 Å². The predicted octanol–water partition coefficient (Wildman–Crippen LogP) is 3.12. The molecule has 2 unspecified atom stereocenters. The summed E-state index contributed by atoms with van der Waals surface area (Å²) < 4.78 is 1.83. The van der Waals surface area contributed by atoms with Crippen LogP contribution in [0.25, 0.3) is 5.78 Å². The normalized spacial score (nSPS) is 23.8. The van der Waals surface area contributed by atoms with Crippen LogP contribution in [-0.2, 0) is 0 Å². The highest BCUT2D eigenvalue weighted by atomic mass is 15.4. The van der Waals surface area contributed by atoms with E-state index in [1.54, 1.807) is 6.33 Å². The third kappa shape index (κ3) is 2.49. The molecule has 2 heterocycles. The number of hydrogen-bond acceptors (Lipinski definition) is 4. The lowest BCUT2D eigenvalue weighted by Crippen LogP contribution is -2.22. The fourth-order valence-electron chi connectivity index (χ4n) is 3.03. The molecule has 0 amide bonds. The van der Waals surface area contributed by atoms with Crippen LogP contribution in [0.4, 0.5) is 5.82 Å². The van der Waals surface area contributed by atoms with Crippen molar-refractivity contribution < 1.29 is 0 Å². The molecule has 1 saturated carbocycles. The van der Waals surface area contributed by atoms with Gasteiger partial charge in [0.2, 0.25) is 0 Å². The van der Waals surface area contributed by atoms with Gasteiger partial charge in [0, 0.05) is 17.3 Å². The van der Waals surface area contributed by atoms with E-state index in [-0.39, 0.29) is 0 Å². The Kier molecular flexibility index (Phi) is 3.59. The van der Waals surface area contributed by atoms with Gasteiger partial charge in [-0.25, -0.2) is 4.98 Å². The van der Waals surface area contributed by atoms with E-state index in [4.69, 9.17) is 0 Å². The van der Waals surface area contributed by atoms with E-state index in [1.807, 2.05) is 11.4 Å². The van der Waals surface area contributed by atoms with E-state index >= 15 is 0 Å². The number of fused-ring (bicyclic) bond motifs is 1. The molecule has 0 aromatic carbocycles. The lowest BCUT2D eigenvalue weighted by molar-refractivity contribution is 0.501. The summed E-state index contributed by atoms with van der Waals surface area (Å²) in [5.74, 6) is 2.59. The second-order valence-corrected chi connectivity index (χ2v) is 6.10. The quantitative estimate of drug-likeness (QED) is 0.854. The van der Waals surface area contributed by atoms with Crippen molar-refractivity contribution in [3.05, 3.63) is 17.6 Å². The van der Waals surface area contributed by atoms with Gasteiger partial charge in [0.1, 0.15) is 12.1 Å². The number of hydrogen-bond donors (Lipinski definition) is 1. The highest BCUT2D eigenvalue weighted by Gasteiger charge is 2.19. The average Bonchev–Trinajstić information content (AvgIpc) is 2.78. The van der Waals surface area contributed by atoms with Gasteiger partial charge in [0.15, 0.2) is 0 Å². The van der Waals surface area contributed by atoms with Crippen LogP contribution < -0.4 is 5.32 Å². The highest BCUT2D eigenvalue weighted by Crippen LogP contribution is 2.26. The monoisotopic (exact) mass is 273 g/mol. The minimum Gasteiger partial charge on any atom is -0.367 e. The van der Waals surface area contributed by atoms with Crippen molar-refractivity contribution in [1.82, 2.24) is 19.6 Å². The van der Waals surface area contributed by atoms with E-state index in [9.17, 15) is 0 Å². The van der Waals surface area contributed by atoms with Crippen molar-refractivity contribution >= 4 is 11.6 Å². The third-order valence-corrected chi connectivity index (χ3v) is 4.51. The molecule has 0 aliphatic heterocycles. The van der Waals surface area contributed by atoms with Gasteiger partial charge in [-0.15, -0.1) is 0 Å². The van der Waals surface area contributed by atoms with Crippen LogP contribution in [0.1, 0.15) is 50.3 Å². The summed E-state index contributed by atoms with van der Waals surface area (Å²) in [5.41, 5.74) is 2.19. The SMILES string of the molecule is Cc1nc2ncnn2c(NC2CCCC(C)CC2)c1C. The third-order valence-electron chi connectivity index (χ3n) is 4.51. The molecule has 0 bridgehead atoms. The topological polar surface area (TPSA) is 55.1 Å². The molecule has 2 atom stereocenters. The maximum Gasteiger partial charge on any atom is 0.254 e. The number of rotatable bonds is 2. The molecule has 5 heteroatoms. The van der Waals surface area contributed by atoms with Crippen LogP contribution in [0.3, 0.4) is 0 Å². The van der Waals surface area contributed by atoms with E-state index in [0.29, 0.717) is 11.8 Å². The molecule has 5 nitrogen and oxygen atoms in total. The zero-order valence-corrected chi connectivity index (χ0v) is 12.6. The van der Waals surface area contributed by atoms with Crippen LogP contribution in [0.5, 0.6) is 0 Å². The molecular formula is C15H23N5. The van der Waals surface area contributed by atoms with Gasteiger partial charge in [-0.3, -0.25) is 0 Å². The van der Waals surface area contributed by atoms with Gasteiger partial charge in [-0.05, 0) is 39.0 Å². The molecule has 1 aliphatic carbocycles. The minimum absolute atomic E-state index is 0.535. The summed E-state index contributed by atoms with van der Waals surface area (Å²) in [7, 11) is 0. The Balaban J connectivity index is 1.89. The lowest BCUT2D eigenvalue weighted by atomic mass is 10.0. The van der Waals surface area contributed by atoms with Crippen molar-refractivity contribution in [3.63, 3.8) is 0 Å². The Morgan fingerprint density at radius 2 is 2.05 bits per heavy atom. The molecule has 3 rings (SSSR count). The van der Waals surface area contributed by atoms with Crippen LogP contribution in [0.15, 0.2) is 6.33 Å². The van der Waals surface area contributed by atoms with Crippen molar-refractivity contribution in [2.45, 2.75) is 58.9 Å². The molecule has 0 spiro atoms. The van der Waals surface area contributed by atoms with Crippen molar-refractivity contribution in [1.29, 1.82) is 0 Å². The fraction of sp³-hybridized carbons (Fsp3) is 0.667. The average molecular weight is 273 g/mol. The zero-order chi connectivity index (χ0) is 14.1. The fourth-order valence-corrected chi connectivity index (χ4v) is 3.03. The first kappa shape index (κ1) is 13.3. The van der Waals surface area contributed by atoms with E-state index in [1.165, 1.54) is 37.7 Å². The van der Waals surface area contributed by atoms with E-state index in [0.717, 1.165) is 17.4 Å². The first-order chi connectivity index (χ1) is 9.65. The zero-order valence-electron chi connectivity index (χ0n) is 12.6. The summed E-state index contributed by atoms with van der Waals surface area (Å²) in [5, 5.41) is 8.01. The summed E-state index contributed by atoms with van der Waals surface area (Å²) in [4.78, 5) is 8.67. The molecule has 0 radical (unpaired) electrons. The largest absolute Gasteiger partial charge is 0.367 e. The molecular weight excluding hydrogens is 250 g/mol. The van der Waals surface area contributed by atoms with Crippen LogP contribution in [-0.4, -0.2) is 25.6 Å². The molecule has 108 valence electrons. The molecule has 2 aromatic rings. The Labute approximate surface area is 119 Å². The highest BCUT2D eigenvalue weighted by molar-refractivity contribution is 5.52. The summed E-state index contributed by atoms with van der Waals surface area (Å²) in [6, 6.07) is 0.535. The second kappa shape index (κ2) is 5.38. The molecule has 0 saturated heterocycles. The Morgan fingerprint density at radius 1 is 1.20 bits per heavy atom. The molecule has 1 aliphatic rings. The van der Waals surface area contributed by atoms with Gasteiger partial charge < -0.3 is 5.32 Å². The molecule has 2 aromatic heterocycles. The molecule has 20 heavy (non-hydrogen) atoms. The Bertz CT molecular complexity index is 604. The van der Waals surface area contributed by atoms with E-state index < -0.39 is 0 Å². The van der Waals surface area contributed by atoms with Crippen LogP contribution >= 0.6 is 0 Å².